The van der Waals surface area contributed by atoms with Crippen LogP contribution < -0.4 is 0 Å². The van der Waals surface area contributed by atoms with Crippen molar-refractivity contribution < 1.29 is 9.90 Å². The van der Waals surface area contributed by atoms with E-state index in [4.69, 9.17) is 4.42 Å². The number of hydrogen-bond donors (Lipinski definition) is 0. The van der Waals surface area contributed by atoms with E-state index in [9.17, 15) is 5.48 Å². The average molecular weight is 501 g/mol. The molecule has 0 spiro atoms. The molecule has 1 heterocycles. The Morgan fingerprint density at radius 1 is 0.385 bits per heavy atom. The van der Waals surface area contributed by atoms with Gasteiger partial charge in [0.05, 0.1) is 5.48 Å². The molecule has 1 nitrogen and oxygen atoms in total. The van der Waals surface area contributed by atoms with Crippen molar-refractivity contribution in [2.45, 2.75) is 0 Å². The Bertz CT molecular complexity index is 2300. The third-order valence-electron chi connectivity index (χ3n) is 7.54. The highest BCUT2D eigenvalue weighted by molar-refractivity contribution is 6.21. The van der Waals surface area contributed by atoms with Crippen molar-refractivity contribution in [1.29, 1.82) is 0 Å². The van der Waals surface area contributed by atoms with Crippen molar-refractivity contribution in [3.8, 4) is 33.4 Å². The first-order valence-corrected chi connectivity index (χ1v) is 13.0. The molecule has 0 aliphatic rings. The third kappa shape index (κ3) is 3.41. The molecule has 0 radical (unpaired) electrons. The second-order valence-electron chi connectivity index (χ2n) is 9.73. The van der Waals surface area contributed by atoms with Gasteiger partial charge in [-0.1, -0.05) is 133 Å². The lowest BCUT2D eigenvalue weighted by Gasteiger charge is -2.18. The molecule has 0 saturated heterocycles. The van der Waals surface area contributed by atoms with Gasteiger partial charge < -0.3 is 4.42 Å². The quantitative estimate of drug-likeness (QED) is 0.220. The van der Waals surface area contributed by atoms with Crippen molar-refractivity contribution in [3.63, 3.8) is 0 Å². The van der Waals surface area contributed by atoms with Gasteiger partial charge >= 0.3 is 0 Å². The maximum Gasteiger partial charge on any atom is 0.136 e. The zero-order chi connectivity index (χ0) is 29.2. The fourth-order valence-corrected chi connectivity index (χ4v) is 5.87. The van der Waals surface area contributed by atoms with E-state index in [1.165, 1.54) is 0 Å². The Kier molecular flexibility index (Phi) is 4.06. The van der Waals surface area contributed by atoms with Gasteiger partial charge in [0.25, 0.3) is 0 Å². The smallest absolute Gasteiger partial charge is 0.136 e. The van der Waals surface area contributed by atoms with E-state index in [0.29, 0.717) is 27.9 Å². The van der Waals surface area contributed by atoms with E-state index in [1.54, 1.807) is 0 Å². The minimum atomic E-state index is -0.0749. The van der Waals surface area contributed by atoms with Crippen LogP contribution in [0.3, 0.4) is 0 Å². The second kappa shape index (κ2) is 8.72. The van der Waals surface area contributed by atoms with E-state index in [2.05, 4.69) is 24.3 Å². The van der Waals surface area contributed by atoms with E-state index in [1.807, 2.05) is 97.1 Å². The second-order valence-corrected chi connectivity index (χ2v) is 9.73. The Morgan fingerprint density at radius 3 is 1.51 bits per heavy atom. The van der Waals surface area contributed by atoms with Crippen LogP contribution in [0.5, 0.6) is 0 Å². The van der Waals surface area contributed by atoms with Gasteiger partial charge in [-0.25, -0.2) is 0 Å². The maximum absolute atomic E-state index is 9.35. The summed E-state index contributed by atoms with van der Waals surface area (Å²) in [5.74, 6) is 0. The molecule has 0 amide bonds. The molecule has 0 atom stereocenters. The molecule has 0 N–H and O–H groups in total. The van der Waals surface area contributed by atoms with Gasteiger partial charge in [-0.15, -0.1) is 0 Å². The lowest BCUT2D eigenvalue weighted by Crippen LogP contribution is -1.90. The molecular formula is C38H24O. The highest BCUT2D eigenvalue weighted by atomic mass is 16.3. The third-order valence-corrected chi connectivity index (χ3v) is 7.54. The fraction of sp³-hybridized carbons (Fsp3) is 0. The predicted molar refractivity (Wildman–Crippen MR) is 165 cm³/mol. The standard InChI is InChI=1S/C38H24O/c1-2-11-26(12-3-1)36-29-13-4-6-15-31(29)37(32-16-7-5-14-30(32)36)27-23-21-25(22-24-27)28-18-10-20-35-38(28)33-17-8-9-19-34(33)39-35/h1-24H/i21D,22D,23D,24D. The summed E-state index contributed by atoms with van der Waals surface area (Å²) in [6.07, 6.45) is 0. The Hall–Kier alpha value is -5.14. The molecule has 39 heavy (non-hydrogen) atoms. The number of hydrogen-bond acceptors (Lipinski definition) is 1. The van der Waals surface area contributed by atoms with Gasteiger partial charge in [-0.2, -0.15) is 0 Å². The SMILES string of the molecule is [2H]c1c([2H])c(-c2cccc3oc4ccccc4c23)c([2H])c([2H])c1-c1c2ccccc2c(-c2ccccc2)c2ccccc12. The van der Waals surface area contributed by atoms with Gasteiger partial charge in [0.2, 0.25) is 0 Å². The summed E-state index contributed by atoms with van der Waals surface area (Å²) < 4.78 is 43.3. The number of para-hydroxylation sites is 1. The minimum absolute atomic E-state index is 0.0661. The van der Waals surface area contributed by atoms with Gasteiger partial charge in [0.15, 0.2) is 0 Å². The number of fused-ring (bicyclic) bond motifs is 5. The number of furan rings is 1. The highest BCUT2D eigenvalue weighted by Crippen LogP contribution is 2.44. The van der Waals surface area contributed by atoms with Crippen LogP contribution in [0.4, 0.5) is 0 Å². The van der Waals surface area contributed by atoms with Crippen LogP contribution in [-0.4, -0.2) is 0 Å². The van der Waals surface area contributed by atoms with Crippen LogP contribution in [0, 0.1) is 0 Å². The summed E-state index contributed by atoms with van der Waals surface area (Å²) in [6, 6.07) is 39.3. The van der Waals surface area contributed by atoms with Crippen LogP contribution in [-0.2, 0) is 0 Å². The summed E-state index contributed by atoms with van der Waals surface area (Å²) in [4.78, 5) is 0. The average Bonchev–Trinajstić information content (AvgIpc) is 3.43. The zero-order valence-electron chi connectivity index (χ0n) is 25.0. The van der Waals surface area contributed by atoms with E-state index in [-0.39, 0.29) is 29.7 Å². The topological polar surface area (TPSA) is 13.1 Å². The molecular weight excluding hydrogens is 472 g/mol. The van der Waals surface area contributed by atoms with Crippen molar-refractivity contribution >= 4 is 43.5 Å². The van der Waals surface area contributed by atoms with Crippen LogP contribution in [0.2, 0.25) is 0 Å². The van der Waals surface area contributed by atoms with Crippen LogP contribution in [0.25, 0.3) is 76.9 Å². The molecule has 1 aromatic heterocycles. The van der Waals surface area contributed by atoms with E-state index in [0.717, 1.165) is 43.4 Å². The number of benzene rings is 7. The zero-order valence-corrected chi connectivity index (χ0v) is 21.0. The largest absolute Gasteiger partial charge is 0.456 e. The number of rotatable bonds is 3. The molecule has 0 aliphatic carbocycles. The first-order valence-electron chi connectivity index (χ1n) is 15.0. The fourth-order valence-electron chi connectivity index (χ4n) is 5.87. The van der Waals surface area contributed by atoms with Gasteiger partial charge in [0, 0.05) is 10.8 Å². The molecule has 8 aromatic rings. The van der Waals surface area contributed by atoms with Crippen molar-refractivity contribution in [2.75, 3.05) is 0 Å². The first kappa shape index (κ1) is 18.2. The molecule has 7 aromatic carbocycles. The van der Waals surface area contributed by atoms with Crippen LogP contribution >= 0.6 is 0 Å². The summed E-state index contributed by atoms with van der Waals surface area (Å²) in [7, 11) is 0. The molecule has 0 unspecified atom stereocenters. The molecule has 0 fully saturated rings. The van der Waals surface area contributed by atoms with Crippen molar-refractivity contribution in [1.82, 2.24) is 0 Å². The Labute approximate surface area is 232 Å². The predicted octanol–water partition coefficient (Wildman–Crippen LogP) is 10.9. The van der Waals surface area contributed by atoms with Crippen molar-refractivity contribution in [3.05, 3.63) is 145 Å². The lowest BCUT2D eigenvalue weighted by molar-refractivity contribution is 0.669. The molecule has 8 rings (SSSR count). The Balaban J connectivity index is 1.48. The Morgan fingerprint density at radius 2 is 0.872 bits per heavy atom. The molecule has 1 heteroatoms. The maximum atomic E-state index is 9.35. The molecule has 0 bridgehead atoms. The molecule has 182 valence electrons. The van der Waals surface area contributed by atoms with Crippen molar-refractivity contribution in [2.24, 2.45) is 0 Å². The van der Waals surface area contributed by atoms with Crippen LogP contribution in [0.1, 0.15) is 5.48 Å². The van der Waals surface area contributed by atoms with Gasteiger partial charge in [-0.05, 0) is 67.1 Å². The van der Waals surface area contributed by atoms with E-state index < -0.39 is 0 Å². The lowest BCUT2D eigenvalue weighted by atomic mass is 9.85. The van der Waals surface area contributed by atoms with Crippen LogP contribution in [0.15, 0.2) is 150 Å². The molecule has 0 saturated carbocycles. The normalized spacial score (nSPS) is 13.0. The van der Waals surface area contributed by atoms with Gasteiger partial charge in [0.1, 0.15) is 11.2 Å². The highest BCUT2D eigenvalue weighted by Gasteiger charge is 2.17. The summed E-state index contributed by atoms with van der Waals surface area (Å²) in [5.41, 5.74) is 5.43. The molecule has 0 aliphatic heterocycles. The van der Waals surface area contributed by atoms with Gasteiger partial charge in [-0.3, -0.25) is 0 Å². The summed E-state index contributed by atoms with van der Waals surface area (Å²) in [5, 5.41) is 5.43. The summed E-state index contributed by atoms with van der Waals surface area (Å²) >= 11 is 0. The minimum Gasteiger partial charge on any atom is -0.456 e. The summed E-state index contributed by atoms with van der Waals surface area (Å²) in [6.45, 7) is 0. The first-order chi connectivity index (χ1) is 21.0. The van der Waals surface area contributed by atoms with E-state index >= 15 is 0 Å². The monoisotopic (exact) mass is 500 g/mol.